The number of nitrogens with one attached hydrogen (secondary N) is 1. The first-order valence-electron chi connectivity index (χ1n) is 7.72. The zero-order chi connectivity index (χ0) is 15.4. The predicted octanol–water partition coefficient (Wildman–Crippen LogP) is 2.13. The topological polar surface area (TPSA) is 58.6 Å². The molecule has 0 radical (unpaired) electrons. The lowest BCUT2D eigenvalue weighted by Gasteiger charge is -2.39. The molecule has 2 atom stereocenters. The van der Waals surface area contributed by atoms with Crippen LogP contribution >= 0.6 is 0 Å². The molecule has 6 heteroatoms. The summed E-state index contributed by atoms with van der Waals surface area (Å²) < 4.78 is 7.31. The van der Waals surface area contributed by atoms with Gasteiger partial charge in [-0.15, -0.1) is 0 Å². The maximum Gasteiger partial charge on any atom is 0.193 e. The number of furan rings is 1. The van der Waals surface area contributed by atoms with Gasteiger partial charge in [-0.2, -0.15) is 0 Å². The molecule has 0 aromatic carbocycles. The van der Waals surface area contributed by atoms with Crippen LogP contribution in [0.25, 0.3) is 0 Å². The second-order valence-corrected chi connectivity index (χ2v) is 5.82. The van der Waals surface area contributed by atoms with E-state index in [1.807, 2.05) is 31.8 Å². The fraction of sp³-hybridized carbons (Fsp3) is 0.500. The van der Waals surface area contributed by atoms with Crippen molar-refractivity contribution in [1.29, 1.82) is 0 Å². The van der Waals surface area contributed by atoms with Crippen molar-refractivity contribution in [1.82, 2.24) is 19.8 Å². The van der Waals surface area contributed by atoms with Crippen LogP contribution in [0.3, 0.4) is 0 Å². The summed E-state index contributed by atoms with van der Waals surface area (Å²) in [5, 5.41) is 3.41. The van der Waals surface area contributed by atoms with Crippen molar-refractivity contribution in [2.24, 2.45) is 10.9 Å². The highest BCUT2D eigenvalue weighted by atomic mass is 16.3. The van der Waals surface area contributed by atoms with Crippen LogP contribution in [0.5, 0.6) is 0 Å². The SMILES string of the molecule is CN=C(NCc1ccoc1)N1CCC(C)C(n2ccnc2)C1. The summed E-state index contributed by atoms with van der Waals surface area (Å²) >= 11 is 0. The van der Waals surface area contributed by atoms with E-state index in [9.17, 15) is 0 Å². The molecule has 0 aliphatic carbocycles. The lowest BCUT2D eigenvalue weighted by molar-refractivity contribution is 0.189. The Morgan fingerprint density at radius 2 is 2.45 bits per heavy atom. The summed E-state index contributed by atoms with van der Waals surface area (Å²) in [7, 11) is 1.84. The molecule has 1 aliphatic rings. The quantitative estimate of drug-likeness (QED) is 0.697. The minimum absolute atomic E-state index is 0.434. The van der Waals surface area contributed by atoms with Gasteiger partial charge in [-0.05, 0) is 18.4 Å². The highest BCUT2D eigenvalue weighted by molar-refractivity contribution is 5.80. The number of aliphatic imine (C=N–C) groups is 1. The van der Waals surface area contributed by atoms with Gasteiger partial charge in [0, 0.05) is 44.6 Å². The summed E-state index contributed by atoms with van der Waals surface area (Å²) in [5.41, 5.74) is 1.12. The van der Waals surface area contributed by atoms with Crippen molar-refractivity contribution in [3.63, 3.8) is 0 Å². The molecule has 6 nitrogen and oxygen atoms in total. The average molecular weight is 301 g/mol. The second kappa shape index (κ2) is 6.68. The van der Waals surface area contributed by atoms with Crippen LogP contribution in [0, 0.1) is 5.92 Å². The van der Waals surface area contributed by atoms with Gasteiger partial charge in [-0.25, -0.2) is 4.98 Å². The van der Waals surface area contributed by atoms with E-state index in [1.54, 1.807) is 12.5 Å². The Morgan fingerprint density at radius 1 is 1.55 bits per heavy atom. The molecule has 22 heavy (non-hydrogen) atoms. The Morgan fingerprint density at radius 3 is 3.14 bits per heavy atom. The first-order valence-corrected chi connectivity index (χ1v) is 7.72. The molecule has 0 amide bonds. The number of hydrogen-bond donors (Lipinski definition) is 1. The molecule has 118 valence electrons. The summed E-state index contributed by atoms with van der Waals surface area (Å²) in [4.78, 5) is 10.9. The van der Waals surface area contributed by atoms with E-state index in [0.717, 1.165) is 37.6 Å². The van der Waals surface area contributed by atoms with Gasteiger partial charge in [-0.3, -0.25) is 4.99 Å². The molecule has 1 N–H and O–H groups in total. The number of rotatable bonds is 3. The second-order valence-electron chi connectivity index (χ2n) is 5.82. The molecule has 2 unspecified atom stereocenters. The van der Waals surface area contributed by atoms with E-state index < -0.39 is 0 Å². The Labute approximate surface area is 130 Å². The lowest BCUT2D eigenvalue weighted by Crippen LogP contribution is -2.48. The number of imidazole rings is 1. The summed E-state index contributed by atoms with van der Waals surface area (Å²) in [6, 6.07) is 2.40. The van der Waals surface area contributed by atoms with Crippen LogP contribution < -0.4 is 5.32 Å². The highest BCUT2D eigenvalue weighted by Crippen LogP contribution is 2.27. The Balaban J connectivity index is 1.65. The van der Waals surface area contributed by atoms with Gasteiger partial charge in [0.2, 0.25) is 0 Å². The third kappa shape index (κ3) is 3.16. The minimum Gasteiger partial charge on any atom is -0.472 e. The normalized spacial score (nSPS) is 22.8. The number of hydrogen-bond acceptors (Lipinski definition) is 3. The van der Waals surface area contributed by atoms with Gasteiger partial charge in [0.05, 0.1) is 24.9 Å². The molecular formula is C16H23N5O. The summed E-state index contributed by atoms with van der Waals surface area (Å²) in [6.07, 6.45) is 10.4. The van der Waals surface area contributed by atoms with Crippen LogP contribution in [0.15, 0.2) is 46.7 Å². The molecule has 0 bridgehead atoms. The largest absolute Gasteiger partial charge is 0.472 e. The minimum atomic E-state index is 0.434. The standard InChI is InChI=1S/C16H23N5O/c1-13-3-6-20(10-15(13)21-7-5-18-12-21)16(17-2)19-9-14-4-8-22-11-14/h4-5,7-8,11-13,15H,3,6,9-10H2,1-2H3,(H,17,19). The van der Waals surface area contributed by atoms with E-state index in [2.05, 4.69) is 31.7 Å². The molecule has 2 aromatic rings. The molecule has 2 aromatic heterocycles. The Hall–Kier alpha value is -2.24. The smallest absolute Gasteiger partial charge is 0.193 e. The zero-order valence-electron chi connectivity index (χ0n) is 13.1. The Bertz CT molecular complexity index is 590. The molecule has 3 rings (SSSR count). The molecular weight excluding hydrogens is 278 g/mol. The van der Waals surface area contributed by atoms with Crippen LogP contribution in [-0.4, -0.2) is 40.5 Å². The molecule has 3 heterocycles. The van der Waals surface area contributed by atoms with Crippen molar-refractivity contribution in [3.8, 4) is 0 Å². The van der Waals surface area contributed by atoms with Gasteiger partial charge >= 0.3 is 0 Å². The molecule has 0 spiro atoms. The van der Waals surface area contributed by atoms with Crippen LogP contribution in [0.2, 0.25) is 0 Å². The maximum absolute atomic E-state index is 5.10. The predicted molar refractivity (Wildman–Crippen MR) is 85.5 cm³/mol. The van der Waals surface area contributed by atoms with Gasteiger partial charge < -0.3 is 19.2 Å². The van der Waals surface area contributed by atoms with E-state index >= 15 is 0 Å². The van der Waals surface area contributed by atoms with Crippen molar-refractivity contribution in [2.75, 3.05) is 20.1 Å². The number of likely N-dealkylation sites (tertiary alicyclic amines) is 1. The average Bonchev–Trinajstić information content (AvgIpc) is 3.22. The van der Waals surface area contributed by atoms with E-state index in [0.29, 0.717) is 12.0 Å². The van der Waals surface area contributed by atoms with Gasteiger partial charge in [-0.1, -0.05) is 6.92 Å². The van der Waals surface area contributed by atoms with Crippen LogP contribution in [-0.2, 0) is 6.54 Å². The van der Waals surface area contributed by atoms with E-state index in [-0.39, 0.29) is 0 Å². The summed E-state index contributed by atoms with van der Waals surface area (Å²) in [5.74, 6) is 1.58. The summed E-state index contributed by atoms with van der Waals surface area (Å²) in [6.45, 7) is 5.01. The highest BCUT2D eigenvalue weighted by Gasteiger charge is 2.28. The van der Waals surface area contributed by atoms with Crippen LogP contribution in [0.4, 0.5) is 0 Å². The third-order valence-corrected chi connectivity index (χ3v) is 4.37. The fourth-order valence-electron chi connectivity index (χ4n) is 3.00. The van der Waals surface area contributed by atoms with E-state index in [4.69, 9.17) is 4.42 Å². The third-order valence-electron chi connectivity index (χ3n) is 4.37. The first-order chi connectivity index (χ1) is 10.8. The number of guanidine groups is 1. The first kappa shape index (κ1) is 14.7. The maximum atomic E-state index is 5.10. The monoisotopic (exact) mass is 301 g/mol. The molecule has 0 saturated carbocycles. The van der Waals surface area contributed by atoms with Crippen LogP contribution in [0.1, 0.15) is 24.9 Å². The van der Waals surface area contributed by atoms with Gasteiger partial charge in [0.25, 0.3) is 0 Å². The van der Waals surface area contributed by atoms with Crippen molar-refractivity contribution >= 4 is 5.96 Å². The van der Waals surface area contributed by atoms with Crippen molar-refractivity contribution < 1.29 is 4.42 Å². The molecule has 1 saturated heterocycles. The fourth-order valence-corrected chi connectivity index (χ4v) is 3.00. The number of aromatic nitrogens is 2. The van der Waals surface area contributed by atoms with Gasteiger partial charge in [0.1, 0.15) is 0 Å². The molecule has 1 aliphatic heterocycles. The number of piperidine rings is 1. The zero-order valence-corrected chi connectivity index (χ0v) is 13.1. The Kier molecular flexibility index (Phi) is 4.46. The molecule has 1 fully saturated rings. The van der Waals surface area contributed by atoms with Gasteiger partial charge in [0.15, 0.2) is 5.96 Å². The van der Waals surface area contributed by atoms with E-state index in [1.165, 1.54) is 0 Å². The van der Waals surface area contributed by atoms with Crippen molar-refractivity contribution in [2.45, 2.75) is 25.9 Å². The van der Waals surface area contributed by atoms with Crippen molar-refractivity contribution in [3.05, 3.63) is 42.9 Å². The lowest BCUT2D eigenvalue weighted by atomic mass is 9.93. The number of nitrogens with zero attached hydrogens (tertiary/aromatic N) is 4.